The summed E-state index contributed by atoms with van der Waals surface area (Å²) in [6.07, 6.45) is 7.10. The van der Waals surface area contributed by atoms with Gasteiger partial charge in [-0.3, -0.25) is 0 Å². The second-order valence-electron chi connectivity index (χ2n) is 6.65. The maximum Gasteiger partial charge on any atom is 0.152 e. The van der Waals surface area contributed by atoms with Crippen LogP contribution in [0.4, 0.5) is 11.6 Å². The van der Waals surface area contributed by atoms with Gasteiger partial charge < -0.3 is 9.80 Å². The van der Waals surface area contributed by atoms with E-state index in [1.807, 2.05) is 18.0 Å². The monoisotopic (exact) mass is 338 g/mol. The number of hydrogen-bond donors (Lipinski definition) is 0. The lowest BCUT2D eigenvalue weighted by Gasteiger charge is -2.36. The molecule has 2 atom stereocenters. The molecule has 128 valence electrons. The van der Waals surface area contributed by atoms with E-state index in [0.29, 0.717) is 12.5 Å². The third-order valence-electron chi connectivity index (χ3n) is 5.15. The molecule has 2 aliphatic rings. The number of sulfone groups is 1. The lowest BCUT2D eigenvalue weighted by Crippen LogP contribution is -2.40. The smallest absolute Gasteiger partial charge is 0.152 e. The van der Waals surface area contributed by atoms with E-state index in [1.165, 1.54) is 19.3 Å². The number of anilines is 2. The van der Waals surface area contributed by atoms with Crippen molar-refractivity contribution in [1.82, 2.24) is 9.97 Å². The Labute approximate surface area is 138 Å². The quantitative estimate of drug-likeness (QED) is 0.835. The van der Waals surface area contributed by atoms with Crippen LogP contribution in [0.15, 0.2) is 12.4 Å². The van der Waals surface area contributed by atoms with E-state index in [0.717, 1.165) is 24.6 Å². The fourth-order valence-electron chi connectivity index (χ4n) is 3.68. The number of nitrogens with zero attached hydrogens (tertiary/aromatic N) is 4. The van der Waals surface area contributed by atoms with Crippen molar-refractivity contribution in [3.8, 4) is 0 Å². The summed E-state index contributed by atoms with van der Waals surface area (Å²) in [5, 5.41) is 0. The Morgan fingerprint density at radius 1 is 1.30 bits per heavy atom. The number of aromatic nitrogens is 2. The highest BCUT2D eigenvalue weighted by Crippen LogP contribution is 2.28. The maximum atomic E-state index is 11.7. The predicted molar refractivity (Wildman–Crippen MR) is 92.8 cm³/mol. The number of hydrogen-bond acceptors (Lipinski definition) is 6. The molecule has 0 spiro atoms. The van der Waals surface area contributed by atoms with Crippen LogP contribution in [0.3, 0.4) is 0 Å². The third kappa shape index (κ3) is 3.59. The fraction of sp³-hybridized carbons (Fsp3) is 0.750. The molecule has 7 heteroatoms. The van der Waals surface area contributed by atoms with Gasteiger partial charge in [-0.1, -0.05) is 6.92 Å². The summed E-state index contributed by atoms with van der Waals surface area (Å²) in [6.45, 7) is 3.26. The van der Waals surface area contributed by atoms with Gasteiger partial charge >= 0.3 is 0 Å². The summed E-state index contributed by atoms with van der Waals surface area (Å²) in [4.78, 5) is 13.2. The Morgan fingerprint density at radius 3 is 2.83 bits per heavy atom. The minimum absolute atomic E-state index is 0.0195. The van der Waals surface area contributed by atoms with Gasteiger partial charge in [0.2, 0.25) is 0 Å². The van der Waals surface area contributed by atoms with Crippen LogP contribution in [0.25, 0.3) is 0 Å². The second-order valence-corrected chi connectivity index (χ2v) is 8.88. The Morgan fingerprint density at radius 2 is 2.13 bits per heavy atom. The van der Waals surface area contributed by atoms with E-state index >= 15 is 0 Å². The topological polar surface area (TPSA) is 66.4 Å². The largest absolute Gasteiger partial charge is 0.355 e. The van der Waals surface area contributed by atoms with E-state index in [9.17, 15) is 8.42 Å². The van der Waals surface area contributed by atoms with Crippen LogP contribution >= 0.6 is 0 Å². The lowest BCUT2D eigenvalue weighted by atomic mass is 10.00. The summed E-state index contributed by atoms with van der Waals surface area (Å²) in [5.74, 6) is 2.29. The first-order valence-electron chi connectivity index (χ1n) is 8.52. The molecule has 3 heterocycles. The Bertz CT molecular complexity index is 649. The summed E-state index contributed by atoms with van der Waals surface area (Å²) in [7, 11) is -0.952. The molecule has 0 N–H and O–H groups in total. The van der Waals surface area contributed by atoms with Gasteiger partial charge in [-0.2, -0.15) is 0 Å². The van der Waals surface area contributed by atoms with Crippen molar-refractivity contribution in [2.75, 3.05) is 34.9 Å². The van der Waals surface area contributed by atoms with Crippen LogP contribution in [0, 0.1) is 0 Å². The van der Waals surface area contributed by atoms with Crippen molar-refractivity contribution in [2.24, 2.45) is 0 Å². The van der Waals surface area contributed by atoms with E-state index < -0.39 is 9.84 Å². The molecule has 0 aromatic carbocycles. The van der Waals surface area contributed by atoms with E-state index in [-0.39, 0.29) is 17.5 Å². The Kier molecular flexibility index (Phi) is 4.75. The van der Waals surface area contributed by atoms with Gasteiger partial charge in [0.25, 0.3) is 0 Å². The summed E-state index contributed by atoms with van der Waals surface area (Å²) < 4.78 is 23.4. The molecular weight excluding hydrogens is 312 g/mol. The molecule has 1 aromatic rings. The van der Waals surface area contributed by atoms with Crippen molar-refractivity contribution in [3.05, 3.63) is 12.4 Å². The van der Waals surface area contributed by atoms with Crippen molar-refractivity contribution < 1.29 is 8.42 Å². The summed E-state index contributed by atoms with van der Waals surface area (Å²) >= 11 is 0. The molecule has 2 fully saturated rings. The first-order valence-corrected chi connectivity index (χ1v) is 10.3. The molecule has 6 nitrogen and oxygen atoms in total. The zero-order chi connectivity index (χ0) is 16.4. The molecule has 0 bridgehead atoms. The molecule has 2 unspecified atom stereocenters. The molecule has 3 rings (SSSR count). The van der Waals surface area contributed by atoms with Crippen LogP contribution in [0.1, 0.15) is 39.0 Å². The average molecular weight is 338 g/mol. The molecule has 2 aliphatic heterocycles. The molecule has 1 aromatic heterocycles. The van der Waals surface area contributed by atoms with E-state index in [4.69, 9.17) is 0 Å². The minimum Gasteiger partial charge on any atom is -0.355 e. The predicted octanol–water partition coefficient (Wildman–Crippen LogP) is 1.87. The van der Waals surface area contributed by atoms with Crippen molar-refractivity contribution >= 4 is 21.5 Å². The van der Waals surface area contributed by atoms with Crippen LogP contribution in [0.5, 0.6) is 0 Å². The van der Waals surface area contributed by atoms with Gasteiger partial charge in [-0.05, 0) is 32.1 Å². The first kappa shape index (κ1) is 16.5. The normalized spacial score (nSPS) is 27.1. The molecular formula is C16H26N4O2S. The Hall–Kier alpha value is -1.37. The van der Waals surface area contributed by atoms with Crippen molar-refractivity contribution in [2.45, 2.75) is 51.1 Å². The van der Waals surface area contributed by atoms with Gasteiger partial charge in [0.1, 0.15) is 18.0 Å². The van der Waals surface area contributed by atoms with E-state index in [2.05, 4.69) is 21.8 Å². The SMILES string of the molecule is CCC1CCCCN1c1cc(N(C)C2CCS(=O)(=O)C2)ncn1. The average Bonchev–Trinajstić information content (AvgIpc) is 2.94. The summed E-state index contributed by atoms with van der Waals surface area (Å²) in [5.41, 5.74) is 0. The van der Waals surface area contributed by atoms with Crippen LogP contribution in [-0.2, 0) is 9.84 Å². The molecule has 2 saturated heterocycles. The molecule has 0 amide bonds. The fourth-order valence-corrected chi connectivity index (χ4v) is 5.46. The second kappa shape index (κ2) is 6.63. The van der Waals surface area contributed by atoms with Gasteiger partial charge in [-0.15, -0.1) is 0 Å². The Balaban J connectivity index is 1.79. The molecule has 23 heavy (non-hydrogen) atoms. The van der Waals surface area contributed by atoms with Gasteiger partial charge in [0.15, 0.2) is 9.84 Å². The van der Waals surface area contributed by atoms with Crippen molar-refractivity contribution in [1.29, 1.82) is 0 Å². The zero-order valence-electron chi connectivity index (χ0n) is 14.0. The van der Waals surface area contributed by atoms with Gasteiger partial charge in [-0.25, -0.2) is 18.4 Å². The zero-order valence-corrected chi connectivity index (χ0v) is 14.8. The highest BCUT2D eigenvalue weighted by Gasteiger charge is 2.31. The lowest BCUT2D eigenvalue weighted by molar-refractivity contribution is 0.446. The van der Waals surface area contributed by atoms with Crippen LogP contribution in [0.2, 0.25) is 0 Å². The third-order valence-corrected chi connectivity index (χ3v) is 6.90. The standard InChI is InChI=1S/C16H26N4O2S/c1-3-13-6-4-5-8-20(13)16-10-15(17-12-18-16)19(2)14-7-9-23(21,22)11-14/h10,12-14H,3-9,11H2,1-2H3. The minimum atomic E-state index is -2.89. The van der Waals surface area contributed by atoms with Crippen molar-refractivity contribution in [3.63, 3.8) is 0 Å². The van der Waals surface area contributed by atoms with Crippen LogP contribution < -0.4 is 9.80 Å². The maximum absolute atomic E-state index is 11.7. The van der Waals surface area contributed by atoms with E-state index in [1.54, 1.807) is 6.33 Å². The molecule has 0 aliphatic carbocycles. The molecule has 0 saturated carbocycles. The number of rotatable bonds is 4. The highest BCUT2D eigenvalue weighted by molar-refractivity contribution is 7.91. The summed E-state index contributed by atoms with van der Waals surface area (Å²) in [6, 6.07) is 2.58. The highest BCUT2D eigenvalue weighted by atomic mass is 32.2. The van der Waals surface area contributed by atoms with Gasteiger partial charge in [0.05, 0.1) is 11.5 Å². The van der Waals surface area contributed by atoms with Crippen LogP contribution in [-0.4, -0.2) is 55.6 Å². The van der Waals surface area contributed by atoms with Gasteiger partial charge in [0, 0.05) is 31.7 Å². The first-order chi connectivity index (χ1) is 11.0. The molecule has 0 radical (unpaired) electrons. The number of piperidine rings is 1.